The second-order valence-corrected chi connectivity index (χ2v) is 5.62. The monoisotopic (exact) mass is 308 g/mol. The van der Waals surface area contributed by atoms with Gasteiger partial charge in [0.15, 0.2) is 5.16 Å². The van der Waals surface area contributed by atoms with Crippen LogP contribution in [0.4, 0.5) is 5.00 Å². The molecule has 0 saturated carbocycles. The van der Waals surface area contributed by atoms with Gasteiger partial charge in [0, 0.05) is 23.4 Å². The summed E-state index contributed by atoms with van der Waals surface area (Å²) >= 11 is 2.78. The lowest BCUT2D eigenvalue weighted by molar-refractivity contribution is 0.415. The second kappa shape index (κ2) is 5.65. The van der Waals surface area contributed by atoms with Crippen LogP contribution in [0.3, 0.4) is 0 Å². The van der Waals surface area contributed by atoms with E-state index in [-0.39, 0.29) is 0 Å². The lowest BCUT2D eigenvalue weighted by Crippen LogP contribution is -2.06. The normalized spacial score (nSPS) is 10.9. The summed E-state index contributed by atoms with van der Waals surface area (Å²) in [7, 11) is 1.64. The van der Waals surface area contributed by atoms with Crippen molar-refractivity contribution in [2.45, 2.75) is 10.9 Å². The highest BCUT2D eigenvalue weighted by molar-refractivity contribution is 7.98. The summed E-state index contributed by atoms with van der Waals surface area (Å²) in [6.07, 6.45) is 0. The molecule has 2 aromatic heterocycles. The molecule has 0 aliphatic rings. The zero-order valence-corrected chi connectivity index (χ0v) is 12.2. The van der Waals surface area contributed by atoms with Crippen LogP contribution in [-0.2, 0) is 5.75 Å². The summed E-state index contributed by atoms with van der Waals surface area (Å²) < 4.78 is 9.05. The van der Waals surface area contributed by atoms with Crippen molar-refractivity contribution in [1.29, 1.82) is 0 Å². The van der Waals surface area contributed by atoms with E-state index >= 15 is 0 Å². The van der Waals surface area contributed by atoms with Crippen LogP contribution in [0.2, 0.25) is 0 Å². The van der Waals surface area contributed by atoms with Crippen LogP contribution < -0.4 is 16.0 Å². The largest absolute Gasteiger partial charge is 0.497 e. The molecule has 20 heavy (non-hydrogen) atoms. The third-order valence-electron chi connectivity index (χ3n) is 2.70. The molecule has 0 aliphatic heterocycles. The first kappa shape index (κ1) is 13.2. The van der Waals surface area contributed by atoms with Gasteiger partial charge in [-0.1, -0.05) is 16.3 Å². The molecule has 2 heterocycles. The van der Waals surface area contributed by atoms with Gasteiger partial charge < -0.3 is 15.1 Å². The van der Waals surface area contributed by atoms with Crippen molar-refractivity contribution in [3.63, 3.8) is 0 Å². The van der Waals surface area contributed by atoms with Gasteiger partial charge in [-0.25, -0.2) is 10.8 Å². The van der Waals surface area contributed by atoms with Crippen molar-refractivity contribution in [3.8, 4) is 5.75 Å². The van der Waals surface area contributed by atoms with Crippen LogP contribution in [0.5, 0.6) is 5.75 Å². The molecule has 4 N–H and O–H groups in total. The maximum absolute atomic E-state index is 5.39. The van der Waals surface area contributed by atoms with E-state index in [1.807, 2.05) is 18.2 Å². The lowest BCUT2D eigenvalue weighted by atomic mass is 10.3. The number of nitrogen functional groups attached to an aromatic ring is 1. The smallest absolute Gasteiger partial charge is 0.166 e. The minimum absolute atomic E-state index is 0.646. The number of methoxy groups -OCH3 is 1. The number of nitrogens with one attached hydrogen (secondary N) is 2. The van der Waals surface area contributed by atoms with Crippen LogP contribution in [-0.4, -0.2) is 26.7 Å². The van der Waals surface area contributed by atoms with Crippen LogP contribution >= 0.6 is 23.3 Å². The van der Waals surface area contributed by atoms with E-state index in [0.29, 0.717) is 5.75 Å². The lowest BCUT2D eigenvalue weighted by Gasteiger charge is -1.97. The van der Waals surface area contributed by atoms with Crippen LogP contribution in [0.15, 0.2) is 23.4 Å². The van der Waals surface area contributed by atoms with Crippen molar-refractivity contribution in [2.75, 3.05) is 12.5 Å². The van der Waals surface area contributed by atoms with Gasteiger partial charge in [-0.3, -0.25) is 0 Å². The number of rotatable bonds is 5. The standard InChI is InChI=1S/C11H12N6OS2/c1-18-6-2-3-7-8(4-6)14-11(13-7)19-5-9-10(15-12)20-17-16-9/h2-4,15H,5,12H2,1H3,(H,13,14). The highest BCUT2D eigenvalue weighted by atomic mass is 32.2. The van der Waals surface area contributed by atoms with Crippen molar-refractivity contribution in [1.82, 2.24) is 19.6 Å². The number of imidazole rings is 1. The molecular weight excluding hydrogens is 296 g/mol. The summed E-state index contributed by atoms with van der Waals surface area (Å²) in [5.41, 5.74) is 5.26. The number of anilines is 1. The number of nitrogens with two attached hydrogens (primary N) is 1. The molecule has 0 radical (unpaired) electrons. The number of hydrazine groups is 1. The number of thioether (sulfide) groups is 1. The second-order valence-electron chi connectivity index (χ2n) is 3.91. The van der Waals surface area contributed by atoms with Gasteiger partial charge in [-0.15, -0.1) is 5.10 Å². The Morgan fingerprint density at radius 3 is 3.20 bits per heavy atom. The fourth-order valence-corrected chi connectivity index (χ4v) is 3.11. The Bertz CT molecular complexity index is 725. The van der Waals surface area contributed by atoms with Crippen molar-refractivity contribution in [2.24, 2.45) is 5.84 Å². The number of hydrogen-bond donors (Lipinski definition) is 3. The molecule has 1 aromatic carbocycles. The van der Waals surface area contributed by atoms with Gasteiger partial charge in [-0.2, -0.15) is 0 Å². The first-order valence-corrected chi connectivity index (χ1v) is 7.50. The van der Waals surface area contributed by atoms with Gasteiger partial charge >= 0.3 is 0 Å². The maximum Gasteiger partial charge on any atom is 0.166 e. The highest BCUT2D eigenvalue weighted by Crippen LogP contribution is 2.27. The van der Waals surface area contributed by atoms with Gasteiger partial charge in [0.1, 0.15) is 16.4 Å². The third-order valence-corrected chi connectivity index (χ3v) is 4.28. The van der Waals surface area contributed by atoms with E-state index in [2.05, 4.69) is 25.0 Å². The summed E-state index contributed by atoms with van der Waals surface area (Å²) in [6, 6.07) is 5.73. The predicted molar refractivity (Wildman–Crippen MR) is 79.9 cm³/mol. The molecule has 0 saturated heterocycles. The summed E-state index contributed by atoms with van der Waals surface area (Å²) in [6.45, 7) is 0. The molecule has 9 heteroatoms. The number of aromatic nitrogens is 4. The zero-order chi connectivity index (χ0) is 13.9. The number of aromatic amines is 1. The predicted octanol–water partition coefficient (Wildman–Crippen LogP) is 2.00. The number of ether oxygens (including phenoxy) is 1. The van der Waals surface area contributed by atoms with Crippen LogP contribution in [0, 0.1) is 0 Å². The van der Waals surface area contributed by atoms with E-state index in [4.69, 9.17) is 10.6 Å². The van der Waals surface area contributed by atoms with Crippen molar-refractivity contribution < 1.29 is 4.74 Å². The topological polar surface area (TPSA) is 102 Å². The fraction of sp³-hybridized carbons (Fsp3) is 0.182. The molecule has 0 amide bonds. The van der Waals surface area contributed by atoms with E-state index < -0.39 is 0 Å². The average molecular weight is 308 g/mol. The number of hydrogen-bond acceptors (Lipinski definition) is 8. The minimum atomic E-state index is 0.646. The molecule has 104 valence electrons. The number of fused-ring (bicyclic) bond motifs is 1. The molecule has 3 aromatic rings. The number of H-pyrrole nitrogens is 1. The van der Waals surface area contributed by atoms with Crippen molar-refractivity contribution >= 4 is 39.3 Å². The molecule has 0 spiro atoms. The Morgan fingerprint density at radius 2 is 2.40 bits per heavy atom. The summed E-state index contributed by atoms with van der Waals surface area (Å²) in [4.78, 5) is 7.74. The first-order chi connectivity index (χ1) is 9.80. The Kier molecular flexibility index (Phi) is 3.72. The highest BCUT2D eigenvalue weighted by Gasteiger charge is 2.09. The molecule has 0 atom stereocenters. The maximum atomic E-state index is 5.39. The Balaban J connectivity index is 1.77. The summed E-state index contributed by atoms with van der Waals surface area (Å²) in [5.74, 6) is 6.84. The van der Waals surface area contributed by atoms with Gasteiger partial charge in [0.05, 0.1) is 18.1 Å². The minimum Gasteiger partial charge on any atom is -0.497 e. The van der Waals surface area contributed by atoms with E-state index in [1.54, 1.807) is 18.9 Å². The SMILES string of the molecule is COc1ccc2nc(SCc3nnsc3NN)[nH]c2c1. The average Bonchev–Trinajstić information content (AvgIpc) is 3.09. The Morgan fingerprint density at radius 1 is 1.50 bits per heavy atom. The van der Waals surface area contributed by atoms with Crippen LogP contribution in [0.25, 0.3) is 11.0 Å². The molecule has 3 rings (SSSR count). The van der Waals surface area contributed by atoms with E-state index in [9.17, 15) is 0 Å². The first-order valence-electron chi connectivity index (χ1n) is 5.74. The fourth-order valence-electron chi connectivity index (χ4n) is 1.71. The van der Waals surface area contributed by atoms with Crippen molar-refractivity contribution in [3.05, 3.63) is 23.9 Å². The quantitative estimate of drug-likeness (QED) is 0.376. The zero-order valence-electron chi connectivity index (χ0n) is 10.6. The van der Waals surface area contributed by atoms with Crippen LogP contribution in [0.1, 0.15) is 5.69 Å². The number of nitrogens with zero attached hydrogens (tertiary/aromatic N) is 3. The third kappa shape index (κ3) is 2.55. The molecule has 0 aliphatic carbocycles. The molecular formula is C11H12N6OS2. The van der Waals surface area contributed by atoms with E-state index in [1.165, 1.54) is 11.5 Å². The van der Waals surface area contributed by atoms with Gasteiger partial charge in [0.25, 0.3) is 0 Å². The van der Waals surface area contributed by atoms with Gasteiger partial charge in [-0.05, 0) is 12.1 Å². The van der Waals surface area contributed by atoms with Gasteiger partial charge in [0.2, 0.25) is 0 Å². The number of benzene rings is 1. The Labute approximate surface area is 123 Å². The molecule has 0 fully saturated rings. The van der Waals surface area contributed by atoms with E-state index in [0.717, 1.165) is 32.6 Å². The molecule has 0 unspecified atom stereocenters. The molecule has 0 bridgehead atoms. The Hall–Kier alpha value is -1.84. The summed E-state index contributed by atoms with van der Waals surface area (Å²) in [5, 5.41) is 5.62. The molecule has 7 nitrogen and oxygen atoms in total.